The van der Waals surface area contributed by atoms with Gasteiger partial charge in [-0.15, -0.1) is 0 Å². The second-order valence-electron chi connectivity index (χ2n) is 5.77. The molecule has 1 aliphatic rings. The molecule has 0 aromatic carbocycles. The summed E-state index contributed by atoms with van der Waals surface area (Å²) in [5.41, 5.74) is 0. The van der Waals surface area contributed by atoms with Gasteiger partial charge in [0.05, 0.1) is 6.61 Å². The molecule has 1 rings (SSSR count). The standard InChI is InChI=1S/C16H31NO2/c1-3-15(4-2)17(12-13-18)16(19)14-10-8-6-5-7-9-11-14/h14-15,18H,3-13H2,1-2H3. The van der Waals surface area contributed by atoms with Gasteiger partial charge in [-0.05, 0) is 25.7 Å². The van der Waals surface area contributed by atoms with Crippen LogP contribution in [0.4, 0.5) is 0 Å². The van der Waals surface area contributed by atoms with Gasteiger partial charge < -0.3 is 10.0 Å². The molecule has 1 saturated carbocycles. The van der Waals surface area contributed by atoms with Crippen molar-refractivity contribution in [3.63, 3.8) is 0 Å². The van der Waals surface area contributed by atoms with Crippen molar-refractivity contribution in [1.82, 2.24) is 4.90 Å². The van der Waals surface area contributed by atoms with Crippen LogP contribution in [0.15, 0.2) is 0 Å². The van der Waals surface area contributed by atoms with E-state index in [0.717, 1.165) is 25.7 Å². The lowest BCUT2D eigenvalue weighted by molar-refractivity contribution is -0.139. The van der Waals surface area contributed by atoms with Crippen molar-refractivity contribution in [1.29, 1.82) is 0 Å². The maximum absolute atomic E-state index is 12.7. The van der Waals surface area contributed by atoms with Crippen LogP contribution in [0.2, 0.25) is 0 Å². The van der Waals surface area contributed by atoms with E-state index in [2.05, 4.69) is 13.8 Å². The Morgan fingerprint density at radius 2 is 1.63 bits per heavy atom. The highest BCUT2D eigenvalue weighted by atomic mass is 16.3. The van der Waals surface area contributed by atoms with Gasteiger partial charge in [0.2, 0.25) is 5.91 Å². The van der Waals surface area contributed by atoms with Crippen molar-refractivity contribution in [3.05, 3.63) is 0 Å². The average molecular weight is 269 g/mol. The van der Waals surface area contributed by atoms with E-state index in [1.165, 1.54) is 32.1 Å². The number of aliphatic hydroxyl groups excluding tert-OH is 1. The third-order valence-corrected chi connectivity index (χ3v) is 4.46. The van der Waals surface area contributed by atoms with Crippen LogP contribution in [0, 0.1) is 5.92 Å². The predicted octanol–water partition coefficient (Wildman–Crippen LogP) is 3.36. The van der Waals surface area contributed by atoms with Gasteiger partial charge in [-0.1, -0.05) is 46.0 Å². The van der Waals surface area contributed by atoms with E-state index in [-0.39, 0.29) is 12.5 Å². The molecular formula is C16H31NO2. The zero-order chi connectivity index (χ0) is 14.1. The van der Waals surface area contributed by atoms with Crippen LogP contribution in [0.5, 0.6) is 0 Å². The third-order valence-electron chi connectivity index (χ3n) is 4.46. The summed E-state index contributed by atoms with van der Waals surface area (Å²) >= 11 is 0. The lowest BCUT2D eigenvalue weighted by Gasteiger charge is -2.33. The van der Waals surface area contributed by atoms with Gasteiger partial charge in [-0.2, -0.15) is 0 Å². The molecule has 0 radical (unpaired) electrons. The maximum Gasteiger partial charge on any atom is 0.226 e. The largest absolute Gasteiger partial charge is 0.395 e. The quantitative estimate of drug-likeness (QED) is 0.803. The van der Waals surface area contributed by atoms with Crippen molar-refractivity contribution in [2.24, 2.45) is 5.92 Å². The molecule has 19 heavy (non-hydrogen) atoms. The summed E-state index contributed by atoms with van der Waals surface area (Å²) in [4.78, 5) is 14.7. The summed E-state index contributed by atoms with van der Waals surface area (Å²) in [6.07, 6.45) is 10.3. The molecule has 1 amide bonds. The Labute approximate surface area is 118 Å². The second-order valence-corrected chi connectivity index (χ2v) is 5.77. The van der Waals surface area contributed by atoms with Crippen LogP contribution < -0.4 is 0 Å². The fraction of sp³-hybridized carbons (Fsp3) is 0.938. The first kappa shape index (κ1) is 16.5. The van der Waals surface area contributed by atoms with Crippen LogP contribution in [0.3, 0.4) is 0 Å². The second kappa shape index (κ2) is 9.35. The number of hydrogen-bond donors (Lipinski definition) is 1. The minimum absolute atomic E-state index is 0.0783. The molecule has 0 aromatic rings. The Kier molecular flexibility index (Phi) is 8.11. The molecular weight excluding hydrogens is 238 g/mol. The molecule has 0 saturated heterocycles. The fourth-order valence-corrected chi connectivity index (χ4v) is 3.25. The molecule has 1 fully saturated rings. The van der Waals surface area contributed by atoms with E-state index in [1.807, 2.05) is 4.90 Å². The van der Waals surface area contributed by atoms with Crippen LogP contribution in [0.1, 0.15) is 71.6 Å². The van der Waals surface area contributed by atoms with Gasteiger partial charge in [0, 0.05) is 18.5 Å². The van der Waals surface area contributed by atoms with Gasteiger partial charge in [0.1, 0.15) is 0 Å². The smallest absolute Gasteiger partial charge is 0.226 e. The molecule has 0 bridgehead atoms. The predicted molar refractivity (Wildman–Crippen MR) is 79.0 cm³/mol. The zero-order valence-corrected chi connectivity index (χ0v) is 12.7. The van der Waals surface area contributed by atoms with E-state index in [9.17, 15) is 9.90 Å². The SMILES string of the molecule is CCC(CC)N(CCO)C(=O)C1CCCCCCC1. The van der Waals surface area contributed by atoms with Crippen LogP contribution in [0.25, 0.3) is 0 Å². The molecule has 0 aromatic heterocycles. The molecule has 0 atom stereocenters. The van der Waals surface area contributed by atoms with Crippen LogP contribution in [-0.4, -0.2) is 35.1 Å². The van der Waals surface area contributed by atoms with Crippen LogP contribution >= 0.6 is 0 Å². The number of nitrogens with zero attached hydrogens (tertiary/aromatic N) is 1. The Morgan fingerprint density at radius 1 is 1.11 bits per heavy atom. The summed E-state index contributed by atoms with van der Waals surface area (Å²) < 4.78 is 0. The number of carbonyl (C=O) groups is 1. The molecule has 0 unspecified atom stereocenters. The first-order valence-electron chi connectivity index (χ1n) is 8.15. The Bertz CT molecular complexity index is 243. The molecule has 0 spiro atoms. The zero-order valence-electron chi connectivity index (χ0n) is 12.7. The highest BCUT2D eigenvalue weighted by molar-refractivity contribution is 5.79. The van der Waals surface area contributed by atoms with Gasteiger partial charge in [-0.25, -0.2) is 0 Å². The van der Waals surface area contributed by atoms with E-state index in [1.54, 1.807) is 0 Å². The van der Waals surface area contributed by atoms with Crippen molar-refractivity contribution in [2.45, 2.75) is 77.7 Å². The topological polar surface area (TPSA) is 40.5 Å². The van der Waals surface area contributed by atoms with Crippen molar-refractivity contribution < 1.29 is 9.90 Å². The first-order valence-corrected chi connectivity index (χ1v) is 8.15. The molecule has 0 heterocycles. The summed E-state index contributed by atoms with van der Waals surface area (Å²) in [5, 5.41) is 9.23. The summed E-state index contributed by atoms with van der Waals surface area (Å²) in [7, 11) is 0. The molecule has 1 aliphatic carbocycles. The number of hydrogen-bond acceptors (Lipinski definition) is 2. The van der Waals surface area contributed by atoms with Gasteiger partial charge in [0.25, 0.3) is 0 Å². The molecule has 3 heteroatoms. The average Bonchev–Trinajstić information content (AvgIpc) is 2.38. The number of amides is 1. The van der Waals surface area contributed by atoms with Crippen LogP contribution in [-0.2, 0) is 4.79 Å². The molecule has 3 nitrogen and oxygen atoms in total. The molecule has 0 aliphatic heterocycles. The first-order chi connectivity index (χ1) is 9.24. The van der Waals surface area contributed by atoms with Gasteiger partial charge in [0.15, 0.2) is 0 Å². The van der Waals surface area contributed by atoms with E-state index < -0.39 is 0 Å². The normalized spacial score (nSPS) is 18.1. The highest BCUT2D eigenvalue weighted by Gasteiger charge is 2.27. The minimum Gasteiger partial charge on any atom is -0.395 e. The summed E-state index contributed by atoms with van der Waals surface area (Å²) in [5.74, 6) is 0.497. The van der Waals surface area contributed by atoms with E-state index in [4.69, 9.17) is 0 Å². The number of rotatable bonds is 6. The summed E-state index contributed by atoms with van der Waals surface area (Å²) in [6, 6.07) is 0.296. The number of carbonyl (C=O) groups excluding carboxylic acids is 1. The summed E-state index contributed by atoms with van der Waals surface area (Å²) in [6.45, 7) is 4.84. The van der Waals surface area contributed by atoms with Crippen molar-refractivity contribution >= 4 is 5.91 Å². The van der Waals surface area contributed by atoms with Gasteiger partial charge in [-0.3, -0.25) is 4.79 Å². The lowest BCUT2D eigenvalue weighted by atomic mass is 9.89. The molecule has 112 valence electrons. The maximum atomic E-state index is 12.7. The number of aliphatic hydroxyl groups is 1. The van der Waals surface area contributed by atoms with Crippen molar-refractivity contribution in [2.75, 3.05) is 13.2 Å². The molecule has 1 N–H and O–H groups in total. The van der Waals surface area contributed by atoms with Gasteiger partial charge >= 0.3 is 0 Å². The van der Waals surface area contributed by atoms with Crippen molar-refractivity contribution in [3.8, 4) is 0 Å². The highest BCUT2D eigenvalue weighted by Crippen LogP contribution is 2.25. The Morgan fingerprint density at radius 3 is 2.11 bits per heavy atom. The Balaban J connectivity index is 2.67. The lowest BCUT2D eigenvalue weighted by Crippen LogP contribution is -2.44. The third kappa shape index (κ3) is 5.13. The monoisotopic (exact) mass is 269 g/mol. The van der Waals surface area contributed by atoms with E-state index >= 15 is 0 Å². The van der Waals surface area contributed by atoms with E-state index in [0.29, 0.717) is 18.5 Å². The Hall–Kier alpha value is -0.570. The fourth-order valence-electron chi connectivity index (χ4n) is 3.25. The minimum atomic E-state index is 0.0783.